The van der Waals surface area contributed by atoms with Crippen molar-refractivity contribution in [3.05, 3.63) is 78.8 Å². The molecule has 0 saturated carbocycles. The predicted molar refractivity (Wildman–Crippen MR) is 274 cm³/mol. The van der Waals surface area contributed by atoms with Crippen LogP contribution in [0.1, 0.15) is 98.8 Å². The summed E-state index contributed by atoms with van der Waals surface area (Å²) in [5, 5.41) is 25.8. The van der Waals surface area contributed by atoms with E-state index in [0.29, 0.717) is 51.0 Å². The highest BCUT2D eigenvalue weighted by Crippen LogP contribution is 2.44. The fourth-order valence-corrected chi connectivity index (χ4v) is 11.8. The first-order valence-corrected chi connectivity index (χ1v) is 27.5. The fourth-order valence-electron chi connectivity index (χ4n) is 11.3. The third-order valence-corrected chi connectivity index (χ3v) is 16.6. The highest BCUT2D eigenvalue weighted by Gasteiger charge is 2.62. The minimum atomic E-state index is -3.83. The molecule has 3 N–H and O–H groups in total. The predicted octanol–water partition coefficient (Wildman–Crippen LogP) is 4.92. The number of benzene rings is 1. The van der Waals surface area contributed by atoms with E-state index in [0.717, 1.165) is 23.7 Å². The number of aryl methyl sites for hydroxylation is 1. The Hall–Kier alpha value is -5.56. The van der Waals surface area contributed by atoms with E-state index < -0.39 is 105 Å². The van der Waals surface area contributed by atoms with Crippen molar-refractivity contribution in [3.8, 4) is 11.3 Å². The molecule has 1 amide bonds. The van der Waals surface area contributed by atoms with Crippen LogP contribution in [0.5, 0.6) is 0 Å². The van der Waals surface area contributed by atoms with Gasteiger partial charge < -0.3 is 43.2 Å². The number of sulfonamides is 1. The number of fused-ring (bicyclic) bond motifs is 1. The van der Waals surface area contributed by atoms with E-state index in [1.165, 1.54) is 31.1 Å². The van der Waals surface area contributed by atoms with Gasteiger partial charge in [0, 0.05) is 87.3 Å². The lowest BCUT2D eigenvalue weighted by atomic mass is 9.73. The van der Waals surface area contributed by atoms with Crippen molar-refractivity contribution in [3.63, 3.8) is 0 Å². The molecule has 23 heteroatoms. The minimum absolute atomic E-state index is 0.00112. The molecule has 0 radical (unpaired) electrons. The number of primary sulfonamides is 1. The van der Waals surface area contributed by atoms with Crippen molar-refractivity contribution >= 4 is 33.7 Å². The Labute approximate surface area is 444 Å². The number of ketones is 2. The third kappa shape index (κ3) is 12.6. The number of alkyl halides is 1. The maximum Gasteiger partial charge on any atom is 0.410 e. The number of pyridine rings is 1. The number of Topliss-reactive ketones (excluding diaryl/α,β-unsaturated/α-hetero) is 2. The van der Waals surface area contributed by atoms with Crippen LogP contribution < -0.4 is 5.14 Å². The normalized spacial score (nSPS) is 32.0. The van der Waals surface area contributed by atoms with Gasteiger partial charge in [-0.1, -0.05) is 45.0 Å². The highest BCUT2D eigenvalue weighted by atomic mass is 32.2. The van der Waals surface area contributed by atoms with Crippen LogP contribution in [0.25, 0.3) is 11.3 Å². The number of aromatic nitrogens is 6. The highest BCUT2D eigenvalue weighted by molar-refractivity contribution is 7.89. The Bertz CT molecular complexity index is 2780. The Morgan fingerprint density at radius 1 is 1.00 bits per heavy atom. The van der Waals surface area contributed by atoms with Crippen molar-refractivity contribution in [2.45, 2.75) is 172 Å². The zero-order valence-corrected chi connectivity index (χ0v) is 45.9. The molecule has 13 atom stereocenters. The number of hydrogen-bond acceptors (Lipinski definition) is 17. The van der Waals surface area contributed by atoms with Crippen LogP contribution in [0.3, 0.4) is 0 Å². The summed E-state index contributed by atoms with van der Waals surface area (Å²) in [4.78, 5) is 69.8. The van der Waals surface area contributed by atoms with Crippen LogP contribution in [0, 0.1) is 17.8 Å². The Morgan fingerprint density at radius 2 is 1.71 bits per heavy atom. The van der Waals surface area contributed by atoms with Crippen molar-refractivity contribution in [1.29, 1.82) is 0 Å². The Morgan fingerprint density at radius 3 is 2.37 bits per heavy atom. The molecule has 76 heavy (non-hydrogen) atoms. The van der Waals surface area contributed by atoms with Crippen LogP contribution in [-0.2, 0) is 67.6 Å². The molecule has 3 fully saturated rings. The van der Waals surface area contributed by atoms with E-state index >= 15 is 4.39 Å². The molecule has 21 nitrogen and oxygen atoms in total. The first kappa shape index (κ1) is 58.1. The van der Waals surface area contributed by atoms with E-state index in [4.69, 9.17) is 28.8 Å². The van der Waals surface area contributed by atoms with Gasteiger partial charge >= 0.3 is 12.1 Å². The number of aliphatic hydroxyl groups is 1. The molecule has 4 aromatic rings. The molecule has 6 heterocycles. The maximum atomic E-state index is 17.2. The largest absolute Gasteiger partial charge is 0.455 e. The lowest BCUT2D eigenvalue weighted by Gasteiger charge is -2.47. The lowest BCUT2D eigenvalue weighted by molar-refractivity contribution is -0.296. The van der Waals surface area contributed by atoms with E-state index in [9.17, 15) is 32.7 Å². The third-order valence-electron chi connectivity index (χ3n) is 15.6. The maximum absolute atomic E-state index is 17.2. The van der Waals surface area contributed by atoms with Gasteiger partial charge in [0.2, 0.25) is 10.0 Å². The van der Waals surface area contributed by atoms with Gasteiger partial charge in [0.1, 0.15) is 18.0 Å². The molecular formula is C53H74FN9O12S. The molecule has 3 aromatic heterocycles. The van der Waals surface area contributed by atoms with E-state index in [1.54, 1.807) is 76.4 Å². The zero-order chi connectivity index (χ0) is 55.5. The van der Waals surface area contributed by atoms with E-state index in [-0.39, 0.29) is 30.1 Å². The summed E-state index contributed by atoms with van der Waals surface area (Å²) in [6.07, 6.45) is 4.23. The molecule has 7 rings (SSSR count). The van der Waals surface area contributed by atoms with Crippen molar-refractivity contribution < 1.29 is 60.8 Å². The SMILES string of the molecule is CC[C@H]1OC(=O)[C@@](C)(F)C(=O)[C@H](C)[C@@H](O[C@@H]2O[C@H](C)C[C@H](N(C)CCc3cn(Cc4ccc(S(N)(=O)=O)cc4)nn3)[C@H]2O)[C@](C)(OC)C[C@@H](C)C(=O)[C@H](C)[C@H]2N(CCCCn3cnc(-c4cccnc4)c3)C(=O)O[C@]12C. The molecular weight excluding hydrogens is 1010 g/mol. The van der Waals surface area contributed by atoms with Gasteiger partial charge in [-0.05, 0) is 96.7 Å². The minimum Gasteiger partial charge on any atom is -0.455 e. The molecule has 0 aliphatic carbocycles. The molecule has 0 unspecified atom stereocenters. The summed E-state index contributed by atoms with van der Waals surface area (Å²) in [6.45, 7) is 13.9. The molecule has 0 bridgehead atoms. The number of ether oxygens (including phenoxy) is 5. The van der Waals surface area contributed by atoms with Crippen LogP contribution >= 0.6 is 0 Å². The van der Waals surface area contributed by atoms with Crippen LogP contribution in [-0.4, -0.2) is 163 Å². The molecule has 0 spiro atoms. The number of esters is 1. The van der Waals surface area contributed by atoms with Crippen LogP contribution in [0.2, 0.25) is 0 Å². The number of halogens is 1. The number of nitrogens with two attached hydrogens (primary N) is 1. The van der Waals surface area contributed by atoms with Gasteiger partial charge in [-0.15, -0.1) is 5.10 Å². The monoisotopic (exact) mass is 1080 g/mol. The molecule has 3 aliphatic rings. The Balaban J connectivity index is 1.09. The molecule has 3 saturated heterocycles. The second-order valence-corrected chi connectivity index (χ2v) is 23.0. The van der Waals surface area contributed by atoms with Crippen molar-refractivity contribution in [2.24, 2.45) is 22.9 Å². The first-order valence-electron chi connectivity index (χ1n) is 26.0. The number of carbonyl (C=O) groups is 4. The van der Waals surface area contributed by atoms with E-state index in [1.807, 2.05) is 41.8 Å². The topological polar surface area (TPSA) is 263 Å². The van der Waals surface area contributed by atoms with Gasteiger partial charge in [0.15, 0.2) is 17.7 Å². The number of rotatable bonds is 17. The second-order valence-electron chi connectivity index (χ2n) is 21.4. The fraction of sp³-hybridized carbons (Fsp3) is 0.623. The summed E-state index contributed by atoms with van der Waals surface area (Å²) in [5.41, 5.74) is -3.33. The number of aliphatic hydroxyl groups excluding tert-OH is 1. The molecule has 416 valence electrons. The number of amides is 1. The number of cyclic esters (lactones) is 1. The second kappa shape index (κ2) is 23.6. The Kier molecular flexibility index (Phi) is 18.0. The average molecular weight is 1080 g/mol. The number of methoxy groups -OCH3 is 1. The van der Waals surface area contributed by atoms with Gasteiger partial charge in [-0.2, -0.15) is 0 Å². The van der Waals surface area contributed by atoms with Gasteiger partial charge in [0.25, 0.3) is 5.67 Å². The van der Waals surface area contributed by atoms with Crippen molar-refractivity contribution in [2.75, 3.05) is 27.2 Å². The number of likely N-dealkylation sites (N-methyl/N-ethyl adjacent to an activating group) is 1. The number of unbranched alkanes of at least 4 members (excludes halogenated alkanes) is 1. The van der Waals surface area contributed by atoms with E-state index in [2.05, 4.69) is 20.3 Å². The summed E-state index contributed by atoms with van der Waals surface area (Å²) in [5.74, 6) is -6.11. The number of carbonyl (C=O) groups excluding carboxylic acids is 4. The van der Waals surface area contributed by atoms with Gasteiger partial charge in [-0.3, -0.25) is 14.6 Å². The molecule has 3 aliphatic heterocycles. The summed E-state index contributed by atoms with van der Waals surface area (Å²) in [6, 6.07) is 8.39. The van der Waals surface area contributed by atoms with Crippen LogP contribution in [0.15, 0.2) is 72.4 Å². The smallest absolute Gasteiger partial charge is 0.410 e. The quantitative estimate of drug-likeness (QED) is 0.0807. The number of hydrogen-bond donors (Lipinski definition) is 2. The standard InChI is InChI=1S/C53H74FN9O12S/c1-11-42-53(8)45(63(50(68)75-53)23-13-12-22-61-30-40(57-31-61)37-15-14-21-56-27-37)34(4)43(64)32(2)26-51(6,71-10)47(35(5)46(66)52(7,54)49(67)73-42)74-48-44(65)41(25-33(3)72-48)60(9)24-20-38-29-62(59-58-38)28-36-16-18-39(19-17-36)76(55,69)70/h14-19,21,27,29-35,41-42,44-45,47-48,65H,11-13,20,22-26,28H2,1-10H3,(H2,55,69,70)/t32-,33-,34+,35+,41+,42-,44-,45-,47-,48+,51-,52+,53-/m1/s1. The van der Waals surface area contributed by atoms with Gasteiger partial charge in [-0.25, -0.2) is 37.2 Å². The van der Waals surface area contributed by atoms with Gasteiger partial charge in [0.05, 0.1) is 53.0 Å². The number of imidazole rings is 1. The first-order chi connectivity index (χ1) is 35.8. The summed E-state index contributed by atoms with van der Waals surface area (Å²) in [7, 11) is -0.613. The molecule has 1 aromatic carbocycles. The summed E-state index contributed by atoms with van der Waals surface area (Å²) < 4.78 is 75.3. The average Bonchev–Trinajstić information content (AvgIpc) is 4.13. The van der Waals surface area contributed by atoms with Crippen LogP contribution in [0.4, 0.5) is 9.18 Å². The zero-order valence-electron chi connectivity index (χ0n) is 45.1. The van der Waals surface area contributed by atoms with Crippen molar-refractivity contribution in [1.82, 2.24) is 39.3 Å². The lowest BCUT2D eigenvalue weighted by Crippen LogP contribution is -2.62. The summed E-state index contributed by atoms with van der Waals surface area (Å²) >= 11 is 0. The number of nitrogens with zero attached hydrogens (tertiary/aromatic N) is 8.